The van der Waals surface area contributed by atoms with Gasteiger partial charge in [0, 0.05) is 0 Å². The van der Waals surface area contributed by atoms with Crippen LogP contribution < -0.4 is 13.6 Å². The molecule has 2 rings (SSSR count). The van der Waals surface area contributed by atoms with Crippen molar-refractivity contribution in [2.45, 2.75) is 53.7 Å². The van der Waals surface area contributed by atoms with Crippen LogP contribution in [-0.4, -0.2) is 47.7 Å². The summed E-state index contributed by atoms with van der Waals surface area (Å²) in [6, 6.07) is 5.32. The number of ether oxygens (including phenoxy) is 2. The van der Waals surface area contributed by atoms with Crippen LogP contribution in [0, 0.1) is 11.6 Å². The molecule has 1 N–H and O–H groups in total. The summed E-state index contributed by atoms with van der Waals surface area (Å²) in [6.45, 7) is 5.31. The van der Waals surface area contributed by atoms with Gasteiger partial charge in [0.2, 0.25) is 0 Å². The van der Waals surface area contributed by atoms with Crippen LogP contribution in [0.5, 0.6) is 5.75 Å². The molecule has 8 heteroatoms. The third-order valence-corrected chi connectivity index (χ3v) is 9.97. The van der Waals surface area contributed by atoms with Gasteiger partial charge < -0.3 is 0 Å². The van der Waals surface area contributed by atoms with Gasteiger partial charge in [-0.05, 0) is 0 Å². The number of hydrogen-bond donors (Lipinski definition) is 1. The molecule has 0 aliphatic carbocycles. The number of nitrogens with zero attached hydrogens (tertiary/aromatic N) is 1. The Morgan fingerprint density at radius 3 is 2.53 bits per heavy atom. The molecule has 0 fully saturated rings. The Hall–Kier alpha value is -1.90. The first-order valence-corrected chi connectivity index (χ1v) is 19.8. The van der Waals surface area contributed by atoms with Gasteiger partial charge in [0.15, 0.2) is 0 Å². The first-order valence-electron chi connectivity index (χ1n) is 9.86. The summed E-state index contributed by atoms with van der Waals surface area (Å²) in [7, 11) is 0. The molecule has 0 saturated carbocycles. The molecule has 0 unspecified atom stereocenters. The number of carbonyl (C=O) groups excluding carboxylic acids is 1. The number of hydrogen-bond acceptors (Lipinski definition) is 4. The molecular formula is C22H30F2N2O3Sn. The summed E-state index contributed by atoms with van der Waals surface area (Å²) in [4.78, 5) is 23.3. The van der Waals surface area contributed by atoms with Gasteiger partial charge in [0.05, 0.1) is 0 Å². The van der Waals surface area contributed by atoms with Gasteiger partial charge in [-0.1, -0.05) is 0 Å². The Morgan fingerprint density at radius 1 is 1.20 bits per heavy atom. The summed E-state index contributed by atoms with van der Waals surface area (Å²) < 4.78 is 40.1. The Kier molecular flexibility index (Phi) is 8.07. The maximum atomic E-state index is 14.2. The minimum absolute atomic E-state index is 0.0501. The van der Waals surface area contributed by atoms with Gasteiger partial charge in [0.25, 0.3) is 0 Å². The number of halogens is 2. The van der Waals surface area contributed by atoms with E-state index >= 15 is 0 Å². The molecule has 0 radical (unpaired) electrons. The molecule has 164 valence electrons. The van der Waals surface area contributed by atoms with Gasteiger partial charge in [-0.25, -0.2) is 0 Å². The zero-order valence-electron chi connectivity index (χ0n) is 18.4. The number of aromatic nitrogens is 1. The fourth-order valence-corrected chi connectivity index (χ4v) is 5.66. The SMILES string of the molecule is CC(C)(C)OC(=O)N[C@H](COc1cnc[c]([Sn]([CH3])([CH3])[CH3])c1)Cc1cccc(F)c1F. The first kappa shape index (κ1) is 24.4. The average molecular weight is 527 g/mol. The number of pyridine rings is 1. The normalized spacial score (nSPS) is 12.9. The van der Waals surface area contributed by atoms with Crippen LogP contribution in [0.2, 0.25) is 14.8 Å². The molecule has 0 bridgehead atoms. The predicted octanol–water partition coefficient (Wildman–Crippen LogP) is 4.42. The third kappa shape index (κ3) is 7.74. The Balaban J connectivity index is 2.16. The van der Waals surface area contributed by atoms with Crippen molar-refractivity contribution in [3.8, 4) is 5.75 Å². The van der Waals surface area contributed by atoms with Crippen LogP contribution in [0.1, 0.15) is 26.3 Å². The van der Waals surface area contributed by atoms with Crippen molar-refractivity contribution in [2.24, 2.45) is 0 Å². The van der Waals surface area contributed by atoms with E-state index in [4.69, 9.17) is 9.47 Å². The zero-order valence-corrected chi connectivity index (χ0v) is 21.2. The molecule has 1 aromatic heterocycles. The first-order chi connectivity index (χ1) is 13.8. The van der Waals surface area contributed by atoms with E-state index in [9.17, 15) is 13.6 Å². The average Bonchev–Trinajstić information content (AvgIpc) is 2.61. The molecule has 0 aliphatic heterocycles. The molecule has 1 amide bonds. The Bertz CT molecular complexity index is 879. The minimum atomic E-state index is -2.32. The number of alkyl carbamates (subject to hydrolysis) is 1. The van der Waals surface area contributed by atoms with Crippen molar-refractivity contribution in [3.05, 3.63) is 53.9 Å². The van der Waals surface area contributed by atoms with Crippen molar-refractivity contribution in [1.29, 1.82) is 0 Å². The van der Waals surface area contributed by atoms with Gasteiger partial charge in [-0.15, -0.1) is 0 Å². The van der Waals surface area contributed by atoms with Crippen molar-refractivity contribution in [1.82, 2.24) is 10.3 Å². The van der Waals surface area contributed by atoms with Crippen LogP contribution in [-0.2, 0) is 11.2 Å². The fraction of sp³-hybridized carbons (Fsp3) is 0.455. The molecule has 5 nitrogen and oxygen atoms in total. The molecule has 0 aliphatic rings. The predicted molar refractivity (Wildman–Crippen MR) is 116 cm³/mol. The maximum absolute atomic E-state index is 14.2. The summed E-state index contributed by atoms with van der Waals surface area (Å²) >= 11 is -2.32. The number of carbonyl (C=O) groups is 1. The monoisotopic (exact) mass is 528 g/mol. The van der Waals surface area contributed by atoms with Gasteiger partial charge in [0.1, 0.15) is 0 Å². The molecule has 1 atom stereocenters. The van der Waals surface area contributed by atoms with Gasteiger partial charge >= 0.3 is 181 Å². The van der Waals surface area contributed by atoms with Gasteiger partial charge in [-0.3, -0.25) is 0 Å². The second-order valence-electron chi connectivity index (χ2n) is 9.23. The summed E-state index contributed by atoms with van der Waals surface area (Å²) in [5, 5.41) is 2.70. The van der Waals surface area contributed by atoms with E-state index in [1.54, 1.807) is 27.0 Å². The van der Waals surface area contributed by atoms with Crippen LogP contribution in [0.3, 0.4) is 0 Å². The van der Waals surface area contributed by atoms with E-state index in [1.165, 1.54) is 15.7 Å². The van der Waals surface area contributed by atoms with E-state index in [-0.39, 0.29) is 18.6 Å². The quantitative estimate of drug-likeness (QED) is 0.542. The molecule has 0 spiro atoms. The molecule has 0 saturated heterocycles. The van der Waals surface area contributed by atoms with E-state index in [0.29, 0.717) is 5.75 Å². The molecule has 1 heterocycles. The topological polar surface area (TPSA) is 60.5 Å². The van der Waals surface area contributed by atoms with Crippen molar-refractivity contribution < 1.29 is 23.0 Å². The van der Waals surface area contributed by atoms with Crippen molar-refractivity contribution in [2.75, 3.05) is 6.61 Å². The summed E-state index contributed by atoms with van der Waals surface area (Å²) in [6.07, 6.45) is 2.87. The van der Waals surface area contributed by atoms with Crippen LogP contribution in [0.4, 0.5) is 13.6 Å². The van der Waals surface area contributed by atoms with E-state index in [1.807, 2.05) is 12.3 Å². The third-order valence-electron chi connectivity index (χ3n) is 4.25. The standard InChI is InChI=1S/C19H21F2N2O3.3CH3.Sn/c1-19(2,3)26-18(24)23-14(12-25-15-7-5-9-22-11-15)10-13-6-4-8-16(20)17(13)21;;;;/h4,6-9,11,14H,10,12H2,1-3H3,(H,23,24);3*1H3;/t14-;;;;/m0..../s1. The Labute approximate surface area is 181 Å². The zero-order chi connectivity index (χ0) is 22.5. The molecule has 30 heavy (non-hydrogen) atoms. The van der Waals surface area contributed by atoms with E-state index in [0.717, 1.165) is 6.07 Å². The second-order valence-corrected chi connectivity index (χ2v) is 23.7. The number of rotatable bonds is 7. The molecular weight excluding hydrogens is 497 g/mol. The summed E-state index contributed by atoms with van der Waals surface area (Å²) in [5.41, 5.74) is -0.533. The number of amides is 1. The van der Waals surface area contributed by atoms with Crippen LogP contribution in [0.25, 0.3) is 0 Å². The second kappa shape index (κ2) is 9.94. The summed E-state index contributed by atoms with van der Waals surface area (Å²) in [5.74, 6) is -1.28. The molecule has 1 aromatic carbocycles. The fourth-order valence-electron chi connectivity index (χ4n) is 2.70. The van der Waals surface area contributed by atoms with Crippen molar-refractivity contribution >= 4 is 28.0 Å². The van der Waals surface area contributed by atoms with E-state index in [2.05, 4.69) is 25.1 Å². The number of nitrogens with one attached hydrogen (secondary N) is 1. The Morgan fingerprint density at radius 2 is 1.90 bits per heavy atom. The molecule has 2 aromatic rings. The van der Waals surface area contributed by atoms with E-state index < -0.39 is 47.7 Å². The van der Waals surface area contributed by atoms with Gasteiger partial charge in [-0.2, -0.15) is 0 Å². The van der Waals surface area contributed by atoms with Crippen molar-refractivity contribution in [3.63, 3.8) is 0 Å². The van der Waals surface area contributed by atoms with Crippen LogP contribution in [0.15, 0.2) is 36.7 Å². The number of benzene rings is 1. The van der Waals surface area contributed by atoms with Crippen LogP contribution >= 0.6 is 0 Å².